The van der Waals surface area contributed by atoms with Crippen molar-refractivity contribution in [3.8, 4) is 5.75 Å². The highest BCUT2D eigenvalue weighted by molar-refractivity contribution is 6.31. The third kappa shape index (κ3) is 6.54. The first-order valence-electron chi connectivity index (χ1n) is 7.18. The van der Waals surface area contributed by atoms with Gasteiger partial charge in [-0.25, -0.2) is 4.79 Å². The molecule has 3 N–H and O–H groups in total. The number of phenolic OH excluding ortho intramolecular Hbond substituents is 1. The Hall–Kier alpha value is -1.46. The maximum absolute atomic E-state index is 11.8. The van der Waals surface area contributed by atoms with Crippen LogP contribution in [-0.2, 0) is 11.3 Å². The molecule has 0 fully saturated rings. The summed E-state index contributed by atoms with van der Waals surface area (Å²) in [5, 5.41) is 16.3. The molecule has 0 heterocycles. The van der Waals surface area contributed by atoms with E-state index in [0.717, 1.165) is 0 Å². The summed E-state index contributed by atoms with van der Waals surface area (Å²) >= 11 is 6.05. The highest BCUT2D eigenvalue weighted by atomic mass is 35.5. The normalized spacial score (nSPS) is 12.1. The van der Waals surface area contributed by atoms with E-state index in [2.05, 4.69) is 10.6 Å². The zero-order valence-electron chi connectivity index (χ0n) is 13.8. The minimum atomic E-state index is -0.531. The second-order valence-corrected chi connectivity index (χ2v) is 7.26. The van der Waals surface area contributed by atoms with E-state index in [1.165, 1.54) is 0 Å². The minimum absolute atomic E-state index is 0.151. The summed E-state index contributed by atoms with van der Waals surface area (Å²) in [5.41, 5.74) is -0.395. The number of carbonyl (C=O) groups excluding carboxylic acids is 1. The lowest BCUT2D eigenvalue weighted by Crippen LogP contribution is -2.51. The molecular weight excluding hydrogens is 304 g/mol. The third-order valence-electron chi connectivity index (χ3n) is 2.80. The summed E-state index contributed by atoms with van der Waals surface area (Å²) in [6, 6.07) is 5.00. The van der Waals surface area contributed by atoms with Crippen LogP contribution in [0.4, 0.5) is 4.79 Å². The molecule has 5 nitrogen and oxygen atoms in total. The number of ether oxygens (including phenoxy) is 1. The van der Waals surface area contributed by atoms with Crippen LogP contribution in [0.3, 0.4) is 0 Å². The van der Waals surface area contributed by atoms with E-state index in [9.17, 15) is 9.90 Å². The number of carbonyl (C=O) groups is 1. The molecule has 0 aliphatic carbocycles. The van der Waals surface area contributed by atoms with Crippen molar-refractivity contribution in [2.75, 3.05) is 6.54 Å². The van der Waals surface area contributed by atoms with Crippen molar-refractivity contribution >= 4 is 17.7 Å². The Kier molecular flexibility index (Phi) is 6.08. The van der Waals surface area contributed by atoms with Crippen molar-refractivity contribution < 1.29 is 14.6 Å². The fourth-order valence-electron chi connectivity index (χ4n) is 1.85. The monoisotopic (exact) mass is 328 g/mol. The van der Waals surface area contributed by atoms with Crippen molar-refractivity contribution in [2.45, 2.75) is 52.3 Å². The van der Waals surface area contributed by atoms with Gasteiger partial charge in [-0.2, -0.15) is 0 Å². The summed E-state index contributed by atoms with van der Waals surface area (Å²) in [7, 11) is 0. The second-order valence-electron chi connectivity index (χ2n) is 6.85. The molecule has 0 spiro atoms. The SMILES string of the molecule is CC(C)(CNCc1c(O)cccc1Cl)NC(=O)OC(C)(C)C. The number of aromatic hydroxyl groups is 1. The van der Waals surface area contributed by atoms with Gasteiger partial charge >= 0.3 is 6.09 Å². The lowest BCUT2D eigenvalue weighted by molar-refractivity contribution is 0.0472. The molecule has 0 radical (unpaired) electrons. The van der Waals surface area contributed by atoms with Crippen LogP contribution in [0.1, 0.15) is 40.2 Å². The first kappa shape index (κ1) is 18.6. The van der Waals surface area contributed by atoms with Crippen LogP contribution < -0.4 is 10.6 Å². The van der Waals surface area contributed by atoms with Crippen LogP contribution in [0, 0.1) is 0 Å². The largest absolute Gasteiger partial charge is 0.508 e. The fraction of sp³-hybridized carbons (Fsp3) is 0.562. The van der Waals surface area contributed by atoms with Crippen LogP contribution in [-0.4, -0.2) is 28.9 Å². The molecule has 0 saturated carbocycles. The van der Waals surface area contributed by atoms with Gasteiger partial charge in [0.1, 0.15) is 11.4 Å². The van der Waals surface area contributed by atoms with Gasteiger partial charge in [-0.15, -0.1) is 0 Å². The van der Waals surface area contributed by atoms with Gasteiger partial charge in [0.15, 0.2) is 0 Å². The fourth-order valence-corrected chi connectivity index (χ4v) is 2.08. The Balaban J connectivity index is 2.51. The lowest BCUT2D eigenvalue weighted by Gasteiger charge is -2.29. The van der Waals surface area contributed by atoms with Gasteiger partial charge in [0.25, 0.3) is 0 Å². The molecule has 0 aromatic heterocycles. The van der Waals surface area contributed by atoms with Gasteiger partial charge in [-0.3, -0.25) is 0 Å². The van der Waals surface area contributed by atoms with Crippen molar-refractivity contribution in [3.63, 3.8) is 0 Å². The topological polar surface area (TPSA) is 70.6 Å². The van der Waals surface area contributed by atoms with Crippen LogP contribution in [0.15, 0.2) is 18.2 Å². The predicted octanol–water partition coefficient (Wildman–Crippen LogP) is 3.44. The van der Waals surface area contributed by atoms with Gasteiger partial charge in [0.2, 0.25) is 0 Å². The molecule has 0 saturated heterocycles. The zero-order valence-corrected chi connectivity index (χ0v) is 14.5. The smallest absolute Gasteiger partial charge is 0.408 e. The van der Waals surface area contributed by atoms with Crippen LogP contribution in [0.5, 0.6) is 5.75 Å². The van der Waals surface area contributed by atoms with Gasteiger partial charge < -0.3 is 20.5 Å². The molecule has 0 aliphatic heterocycles. The van der Waals surface area contributed by atoms with Crippen molar-refractivity contribution in [1.29, 1.82) is 0 Å². The molecule has 1 aromatic carbocycles. The molecule has 0 bridgehead atoms. The average Bonchev–Trinajstić information content (AvgIpc) is 2.29. The molecule has 1 rings (SSSR count). The van der Waals surface area contributed by atoms with Crippen molar-refractivity contribution in [3.05, 3.63) is 28.8 Å². The molecule has 1 amide bonds. The third-order valence-corrected chi connectivity index (χ3v) is 3.16. The van der Waals surface area contributed by atoms with E-state index in [4.69, 9.17) is 16.3 Å². The maximum atomic E-state index is 11.8. The summed E-state index contributed by atoms with van der Waals surface area (Å²) < 4.78 is 5.24. The Morgan fingerprint density at radius 3 is 2.45 bits per heavy atom. The van der Waals surface area contributed by atoms with Crippen molar-refractivity contribution in [1.82, 2.24) is 10.6 Å². The molecule has 22 heavy (non-hydrogen) atoms. The highest BCUT2D eigenvalue weighted by Crippen LogP contribution is 2.24. The molecule has 0 unspecified atom stereocenters. The number of hydrogen-bond donors (Lipinski definition) is 3. The van der Waals surface area contributed by atoms with Crippen LogP contribution in [0.2, 0.25) is 5.02 Å². The van der Waals surface area contributed by atoms with E-state index >= 15 is 0 Å². The molecule has 0 aliphatic rings. The predicted molar refractivity (Wildman–Crippen MR) is 88.3 cm³/mol. The van der Waals surface area contributed by atoms with Gasteiger partial charge in [0.05, 0.1) is 5.54 Å². The Morgan fingerprint density at radius 1 is 1.27 bits per heavy atom. The van der Waals surface area contributed by atoms with E-state index in [1.54, 1.807) is 18.2 Å². The Bertz CT molecular complexity index is 504. The number of halogens is 1. The number of alkyl carbamates (subject to hydrolysis) is 1. The summed E-state index contributed by atoms with van der Waals surface area (Å²) in [6.07, 6.45) is -0.458. The number of amides is 1. The van der Waals surface area contributed by atoms with E-state index in [-0.39, 0.29) is 5.75 Å². The van der Waals surface area contributed by atoms with Crippen LogP contribution >= 0.6 is 11.6 Å². The summed E-state index contributed by atoms with van der Waals surface area (Å²) in [4.78, 5) is 11.8. The minimum Gasteiger partial charge on any atom is -0.508 e. The lowest BCUT2D eigenvalue weighted by atomic mass is 10.1. The molecular formula is C16H25ClN2O3. The number of rotatable bonds is 5. The summed E-state index contributed by atoms with van der Waals surface area (Å²) in [6.45, 7) is 10.1. The van der Waals surface area contributed by atoms with E-state index in [1.807, 2.05) is 34.6 Å². The van der Waals surface area contributed by atoms with E-state index < -0.39 is 17.2 Å². The van der Waals surface area contributed by atoms with E-state index in [0.29, 0.717) is 23.7 Å². The second kappa shape index (κ2) is 7.20. The van der Waals surface area contributed by atoms with Crippen LogP contribution in [0.25, 0.3) is 0 Å². The molecule has 0 atom stereocenters. The Morgan fingerprint density at radius 2 is 1.91 bits per heavy atom. The first-order valence-corrected chi connectivity index (χ1v) is 7.56. The highest BCUT2D eigenvalue weighted by Gasteiger charge is 2.24. The molecule has 6 heteroatoms. The van der Waals surface area contributed by atoms with Gasteiger partial charge in [-0.1, -0.05) is 17.7 Å². The number of benzene rings is 1. The summed E-state index contributed by atoms with van der Waals surface area (Å²) in [5.74, 6) is 0.151. The zero-order chi connectivity index (χ0) is 17.0. The first-order chi connectivity index (χ1) is 10.0. The Labute approximate surface area is 137 Å². The number of nitrogens with one attached hydrogen (secondary N) is 2. The van der Waals surface area contributed by atoms with Gasteiger partial charge in [-0.05, 0) is 46.8 Å². The molecule has 1 aromatic rings. The maximum Gasteiger partial charge on any atom is 0.408 e. The average molecular weight is 329 g/mol. The quantitative estimate of drug-likeness (QED) is 0.774. The van der Waals surface area contributed by atoms with Crippen molar-refractivity contribution in [2.24, 2.45) is 0 Å². The number of phenols is 1. The van der Waals surface area contributed by atoms with Gasteiger partial charge in [0, 0.05) is 23.7 Å². The number of hydrogen-bond acceptors (Lipinski definition) is 4. The molecule has 124 valence electrons. The standard InChI is InChI=1S/C16H25ClN2O3/c1-15(2,3)22-14(21)19-16(4,5)10-18-9-11-12(17)7-6-8-13(11)20/h6-8,18,20H,9-10H2,1-5H3,(H,19,21).